The molecule has 0 aliphatic heterocycles. The van der Waals surface area contributed by atoms with Crippen molar-refractivity contribution in [3.8, 4) is 55.9 Å². The van der Waals surface area contributed by atoms with Crippen LogP contribution in [0.2, 0.25) is 0 Å². The zero-order chi connectivity index (χ0) is 45.1. The molecular weight excluding hydrogens is 845 g/mol. The highest BCUT2D eigenvalue weighted by atomic mass is 15.0. The maximum Gasteiger partial charge on any atom is 0.0544 e. The van der Waals surface area contributed by atoms with Crippen molar-refractivity contribution in [1.82, 2.24) is 9.13 Å². The molecule has 0 radical (unpaired) electrons. The molecule has 70 heavy (non-hydrogen) atoms. The van der Waals surface area contributed by atoms with E-state index in [0.29, 0.717) is 0 Å². The molecule has 0 unspecified atom stereocenters. The molecule has 12 aromatic carbocycles. The van der Waals surface area contributed by atoms with Crippen LogP contribution in [-0.4, -0.2) is 9.13 Å². The molecule has 2 heterocycles. The van der Waals surface area contributed by atoms with Crippen molar-refractivity contribution in [2.75, 3.05) is 0 Å². The van der Waals surface area contributed by atoms with E-state index in [1.807, 2.05) is 0 Å². The van der Waals surface area contributed by atoms with Crippen LogP contribution in [0.4, 0.5) is 0 Å². The lowest BCUT2D eigenvalue weighted by molar-refractivity contribution is 1.18. The Morgan fingerprint density at radius 3 is 0.829 bits per heavy atom. The number of nitrogens with zero attached hydrogens (tertiary/aromatic N) is 2. The third-order valence-corrected chi connectivity index (χ3v) is 17.3. The molecule has 4 aliphatic carbocycles. The third-order valence-electron chi connectivity index (χ3n) is 17.3. The Kier molecular flexibility index (Phi) is 6.58. The van der Waals surface area contributed by atoms with Crippen LogP contribution in [0.3, 0.4) is 0 Å². The van der Waals surface area contributed by atoms with Crippen LogP contribution in [0.1, 0.15) is 44.5 Å². The summed E-state index contributed by atoms with van der Waals surface area (Å²) >= 11 is 0. The molecule has 0 amide bonds. The van der Waals surface area contributed by atoms with Crippen LogP contribution in [0.25, 0.3) is 132 Å². The molecule has 18 rings (SSSR count). The minimum Gasteiger partial charge on any atom is -0.309 e. The SMILES string of the molecule is c1ccc2c(c1)Cc1cc3c(cc1-2)c1cc2c(cc1n3-c1ccc3ccc4c(-n5c6cc7c(cc6c6cc8c(cc65)Cc5ccccc5-8)-c5ccccc5C7)ccc5ccc1c3c54)Cc1ccccc1-2. The van der Waals surface area contributed by atoms with E-state index >= 15 is 0 Å². The molecule has 2 heteroatoms. The summed E-state index contributed by atoms with van der Waals surface area (Å²) in [5.74, 6) is 0. The van der Waals surface area contributed by atoms with Gasteiger partial charge in [-0.3, -0.25) is 0 Å². The van der Waals surface area contributed by atoms with Crippen molar-refractivity contribution in [2.45, 2.75) is 25.7 Å². The molecule has 0 atom stereocenters. The Bertz CT molecular complexity index is 4240. The molecule has 14 aromatic rings. The van der Waals surface area contributed by atoms with E-state index in [4.69, 9.17) is 0 Å². The lowest BCUT2D eigenvalue weighted by Gasteiger charge is -2.19. The van der Waals surface area contributed by atoms with E-state index in [1.165, 1.54) is 176 Å². The van der Waals surface area contributed by atoms with E-state index in [-0.39, 0.29) is 0 Å². The van der Waals surface area contributed by atoms with E-state index in [1.54, 1.807) is 0 Å². The van der Waals surface area contributed by atoms with Gasteiger partial charge in [0.2, 0.25) is 0 Å². The van der Waals surface area contributed by atoms with Crippen LogP contribution in [-0.2, 0) is 25.7 Å². The molecule has 2 nitrogen and oxygen atoms in total. The number of fused-ring (bicyclic) bond motifs is 18. The summed E-state index contributed by atoms with van der Waals surface area (Å²) in [7, 11) is 0. The first-order valence-corrected chi connectivity index (χ1v) is 25.0. The number of aromatic nitrogens is 2. The van der Waals surface area contributed by atoms with Gasteiger partial charge >= 0.3 is 0 Å². The molecule has 0 fully saturated rings. The van der Waals surface area contributed by atoms with E-state index in [0.717, 1.165) is 25.7 Å². The Labute approximate surface area is 403 Å². The fraction of sp³-hybridized carbons (Fsp3) is 0.0588. The van der Waals surface area contributed by atoms with Gasteiger partial charge in [0.25, 0.3) is 0 Å². The number of benzene rings is 12. The summed E-state index contributed by atoms with van der Waals surface area (Å²) in [5.41, 5.74) is 29.9. The monoisotopic (exact) mass is 884 g/mol. The zero-order valence-electron chi connectivity index (χ0n) is 38.2. The fourth-order valence-corrected chi connectivity index (χ4v) is 14.2. The van der Waals surface area contributed by atoms with Gasteiger partial charge in [-0.1, -0.05) is 133 Å². The predicted octanol–water partition coefficient (Wildman–Crippen LogP) is 17.1. The van der Waals surface area contributed by atoms with Gasteiger partial charge in [0.05, 0.1) is 33.4 Å². The van der Waals surface area contributed by atoms with Gasteiger partial charge in [-0.25, -0.2) is 0 Å². The van der Waals surface area contributed by atoms with Crippen molar-refractivity contribution in [1.29, 1.82) is 0 Å². The van der Waals surface area contributed by atoms with Gasteiger partial charge in [-0.05, 0) is 197 Å². The quantitative estimate of drug-likeness (QED) is 0.153. The summed E-state index contributed by atoms with van der Waals surface area (Å²) < 4.78 is 5.24. The zero-order valence-corrected chi connectivity index (χ0v) is 38.2. The maximum absolute atomic E-state index is 2.62. The molecule has 2 aromatic heterocycles. The van der Waals surface area contributed by atoms with Gasteiger partial charge in [0.15, 0.2) is 0 Å². The minimum absolute atomic E-state index is 0.961. The highest BCUT2D eigenvalue weighted by molar-refractivity contribution is 6.27. The summed E-state index contributed by atoms with van der Waals surface area (Å²) in [6.07, 6.45) is 3.84. The van der Waals surface area contributed by atoms with Gasteiger partial charge in [-0.15, -0.1) is 0 Å². The summed E-state index contributed by atoms with van der Waals surface area (Å²) in [4.78, 5) is 0. The third kappa shape index (κ3) is 4.51. The van der Waals surface area contributed by atoms with Crippen molar-refractivity contribution in [2.24, 2.45) is 0 Å². The molecule has 0 bridgehead atoms. The van der Waals surface area contributed by atoms with Crippen LogP contribution in [0.5, 0.6) is 0 Å². The molecule has 0 saturated heterocycles. The Morgan fingerprint density at radius 2 is 0.514 bits per heavy atom. The highest BCUT2D eigenvalue weighted by Gasteiger charge is 2.29. The van der Waals surface area contributed by atoms with Gasteiger partial charge in [0.1, 0.15) is 0 Å². The molecule has 322 valence electrons. The average Bonchev–Trinajstić information content (AvgIpc) is 4.25. The normalized spacial score (nSPS) is 13.8. The van der Waals surface area contributed by atoms with Crippen LogP contribution in [0, 0.1) is 0 Å². The van der Waals surface area contributed by atoms with Crippen LogP contribution >= 0.6 is 0 Å². The molecule has 0 N–H and O–H groups in total. The van der Waals surface area contributed by atoms with Crippen LogP contribution in [0.15, 0.2) is 194 Å². The Morgan fingerprint density at radius 1 is 0.229 bits per heavy atom. The molecule has 4 aliphatic rings. The number of hydrogen-bond donors (Lipinski definition) is 0. The van der Waals surface area contributed by atoms with Gasteiger partial charge in [-0.2, -0.15) is 0 Å². The van der Waals surface area contributed by atoms with Gasteiger partial charge < -0.3 is 9.13 Å². The minimum atomic E-state index is 0.961. The number of rotatable bonds is 2. The van der Waals surface area contributed by atoms with E-state index in [2.05, 4.69) is 203 Å². The smallest absolute Gasteiger partial charge is 0.0544 e. The van der Waals surface area contributed by atoms with E-state index in [9.17, 15) is 0 Å². The second-order valence-corrected chi connectivity index (χ2v) is 20.7. The molecular formula is C68H40N2. The number of hydrogen-bond acceptors (Lipinski definition) is 0. The lowest BCUT2D eigenvalue weighted by Crippen LogP contribution is -2.00. The Balaban J connectivity index is 0.909. The van der Waals surface area contributed by atoms with Crippen molar-refractivity contribution >= 4 is 75.9 Å². The lowest BCUT2D eigenvalue weighted by atomic mass is 9.92. The van der Waals surface area contributed by atoms with Crippen molar-refractivity contribution in [3.05, 3.63) is 239 Å². The first-order chi connectivity index (χ1) is 34.7. The average molecular weight is 885 g/mol. The highest BCUT2D eigenvalue weighted by Crippen LogP contribution is 2.50. The van der Waals surface area contributed by atoms with Crippen molar-refractivity contribution < 1.29 is 0 Å². The summed E-state index contributed by atoms with van der Waals surface area (Å²) in [6.45, 7) is 0. The second kappa shape index (κ2) is 12.7. The summed E-state index contributed by atoms with van der Waals surface area (Å²) in [5, 5.41) is 13.1. The Hall–Kier alpha value is -8.72. The first kappa shape index (κ1) is 36.3. The topological polar surface area (TPSA) is 9.86 Å². The first-order valence-electron chi connectivity index (χ1n) is 25.0. The fourth-order valence-electron chi connectivity index (χ4n) is 14.2. The van der Waals surface area contributed by atoms with Crippen molar-refractivity contribution in [3.63, 3.8) is 0 Å². The molecule has 0 saturated carbocycles. The molecule has 0 spiro atoms. The maximum atomic E-state index is 2.62. The van der Waals surface area contributed by atoms with E-state index < -0.39 is 0 Å². The largest absolute Gasteiger partial charge is 0.309 e. The summed E-state index contributed by atoms with van der Waals surface area (Å²) in [6, 6.07) is 75.3. The second-order valence-electron chi connectivity index (χ2n) is 20.7. The van der Waals surface area contributed by atoms with Gasteiger partial charge in [0, 0.05) is 32.3 Å². The standard InChI is InChI=1S/C68H40N2/c1-5-13-47-39(9-1)25-43-29-63-57(33-53(43)47)58-34-54-44(26-40-10-2-6-14-48(40)54)30-64(58)69(63)61-23-19-37-18-22-52-62(24-20-38-17-21-51(61)67(37)68(38)52)70-65-31-45-27-41-11-3-7-15-49(41)55(45)35-59(65)60-36-56-46(32-66(60)70)28-42-12-4-8-16-50(42)56/h1-24,29-36H,25-28H2. The predicted molar refractivity (Wildman–Crippen MR) is 292 cm³/mol. The van der Waals surface area contributed by atoms with Crippen LogP contribution < -0.4 is 0 Å².